The number of rotatable bonds is 2. The standard InChI is InChI=1S/C14H5Cl3F2N2O2/c15-6-4-5-9(12(17)11(6)16)21-14(22)23-13(20-21)10-7(18)2-1-3-8(10)19/h1-5H. The second-order valence-corrected chi connectivity index (χ2v) is 5.54. The fourth-order valence-corrected chi connectivity index (χ4v) is 2.52. The molecule has 2 aromatic carbocycles. The molecule has 1 heterocycles. The van der Waals surface area contributed by atoms with E-state index in [0.29, 0.717) is 0 Å². The highest BCUT2D eigenvalue weighted by molar-refractivity contribution is 6.48. The molecule has 9 heteroatoms. The Kier molecular flexibility index (Phi) is 4.14. The first kappa shape index (κ1) is 16.0. The van der Waals surface area contributed by atoms with Crippen LogP contribution in [0.3, 0.4) is 0 Å². The molecule has 0 radical (unpaired) electrons. The third-order valence-electron chi connectivity index (χ3n) is 2.97. The van der Waals surface area contributed by atoms with Crippen molar-refractivity contribution in [3.8, 4) is 17.1 Å². The molecule has 118 valence electrons. The molecule has 0 bridgehead atoms. The van der Waals surface area contributed by atoms with Gasteiger partial charge in [-0.1, -0.05) is 40.9 Å². The lowest BCUT2D eigenvalue weighted by molar-refractivity contribution is 0.504. The zero-order valence-electron chi connectivity index (χ0n) is 11.0. The molecule has 1 aromatic heterocycles. The van der Waals surface area contributed by atoms with Crippen LogP contribution in [-0.4, -0.2) is 9.78 Å². The first-order valence-corrected chi connectivity index (χ1v) is 7.22. The highest BCUT2D eigenvalue weighted by Crippen LogP contribution is 2.34. The molecular formula is C14H5Cl3F2N2O2. The minimum absolute atomic E-state index is 0.0133. The van der Waals surface area contributed by atoms with Gasteiger partial charge in [-0.3, -0.25) is 0 Å². The summed E-state index contributed by atoms with van der Waals surface area (Å²) >= 11 is 17.7. The van der Waals surface area contributed by atoms with Gasteiger partial charge < -0.3 is 4.42 Å². The molecule has 0 atom stereocenters. The molecule has 0 N–H and O–H groups in total. The molecule has 3 rings (SSSR count). The zero-order chi connectivity index (χ0) is 16.7. The Bertz CT molecular complexity index is 949. The van der Waals surface area contributed by atoms with E-state index >= 15 is 0 Å². The molecule has 4 nitrogen and oxygen atoms in total. The largest absolute Gasteiger partial charge is 0.442 e. The zero-order valence-corrected chi connectivity index (χ0v) is 13.3. The van der Waals surface area contributed by atoms with E-state index in [9.17, 15) is 13.6 Å². The number of halogens is 5. The summed E-state index contributed by atoms with van der Waals surface area (Å²) in [5.41, 5.74) is -0.489. The molecule has 0 amide bonds. The maximum absolute atomic E-state index is 13.8. The number of benzene rings is 2. The van der Waals surface area contributed by atoms with E-state index < -0.39 is 28.8 Å². The second kappa shape index (κ2) is 5.96. The number of nitrogens with zero attached hydrogens (tertiary/aromatic N) is 2. The Labute approximate surface area is 142 Å². The summed E-state index contributed by atoms with van der Waals surface area (Å²) in [5.74, 6) is -3.34. The van der Waals surface area contributed by atoms with Crippen molar-refractivity contribution in [2.45, 2.75) is 0 Å². The average molecular weight is 378 g/mol. The molecule has 23 heavy (non-hydrogen) atoms. The number of aromatic nitrogens is 2. The Morgan fingerprint density at radius 1 is 1.00 bits per heavy atom. The summed E-state index contributed by atoms with van der Waals surface area (Å²) in [4.78, 5) is 11.9. The van der Waals surface area contributed by atoms with Crippen LogP contribution < -0.4 is 5.76 Å². The van der Waals surface area contributed by atoms with Crippen molar-refractivity contribution < 1.29 is 13.2 Å². The van der Waals surface area contributed by atoms with Gasteiger partial charge in [0.2, 0.25) is 0 Å². The summed E-state index contributed by atoms with van der Waals surface area (Å²) in [6.07, 6.45) is 0. The van der Waals surface area contributed by atoms with Crippen molar-refractivity contribution in [3.63, 3.8) is 0 Å². The van der Waals surface area contributed by atoms with Crippen molar-refractivity contribution in [1.82, 2.24) is 9.78 Å². The van der Waals surface area contributed by atoms with E-state index in [4.69, 9.17) is 39.2 Å². The van der Waals surface area contributed by atoms with Gasteiger partial charge in [-0.2, -0.15) is 4.68 Å². The van der Waals surface area contributed by atoms with Gasteiger partial charge in [0.1, 0.15) is 17.2 Å². The Hall–Kier alpha value is -1.89. The van der Waals surface area contributed by atoms with Crippen LogP contribution >= 0.6 is 34.8 Å². The van der Waals surface area contributed by atoms with E-state index in [1.807, 2.05) is 0 Å². The second-order valence-electron chi connectivity index (χ2n) is 4.38. The third kappa shape index (κ3) is 2.73. The van der Waals surface area contributed by atoms with Crippen molar-refractivity contribution >= 4 is 34.8 Å². The molecule has 0 aliphatic heterocycles. The third-order valence-corrected chi connectivity index (χ3v) is 4.25. The van der Waals surface area contributed by atoms with Gasteiger partial charge in [-0.25, -0.2) is 13.6 Å². The first-order valence-electron chi connectivity index (χ1n) is 6.08. The predicted molar refractivity (Wildman–Crippen MR) is 82.5 cm³/mol. The van der Waals surface area contributed by atoms with Crippen LogP contribution in [0.1, 0.15) is 0 Å². The highest BCUT2D eigenvalue weighted by Gasteiger charge is 2.21. The quantitative estimate of drug-likeness (QED) is 0.607. The van der Waals surface area contributed by atoms with Gasteiger partial charge in [-0.15, -0.1) is 5.10 Å². The van der Waals surface area contributed by atoms with Crippen molar-refractivity contribution in [2.24, 2.45) is 0 Å². The Balaban J connectivity index is 2.21. The summed E-state index contributed by atoms with van der Waals surface area (Å²) in [7, 11) is 0. The topological polar surface area (TPSA) is 48.0 Å². The van der Waals surface area contributed by atoms with Crippen molar-refractivity contribution in [1.29, 1.82) is 0 Å². The van der Waals surface area contributed by atoms with Crippen LogP contribution in [-0.2, 0) is 0 Å². The van der Waals surface area contributed by atoms with Crippen molar-refractivity contribution in [2.75, 3.05) is 0 Å². The van der Waals surface area contributed by atoms with Gasteiger partial charge in [0.05, 0.1) is 20.8 Å². The lowest BCUT2D eigenvalue weighted by atomic mass is 10.2. The molecule has 0 unspecified atom stereocenters. The smallest absolute Gasteiger partial charge is 0.387 e. The average Bonchev–Trinajstić information content (AvgIpc) is 2.86. The molecule has 0 aliphatic carbocycles. The lowest BCUT2D eigenvalue weighted by Gasteiger charge is -2.05. The molecule has 0 aliphatic rings. The van der Waals surface area contributed by atoms with Crippen LogP contribution in [0.5, 0.6) is 0 Å². The fraction of sp³-hybridized carbons (Fsp3) is 0. The van der Waals surface area contributed by atoms with Crippen LogP contribution in [0, 0.1) is 11.6 Å². The van der Waals surface area contributed by atoms with Crippen LogP contribution in [0.4, 0.5) is 8.78 Å². The van der Waals surface area contributed by atoms with Gasteiger partial charge in [0.25, 0.3) is 5.89 Å². The van der Waals surface area contributed by atoms with Gasteiger partial charge in [-0.05, 0) is 24.3 Å². The highest BCUT2D eigenvalue weighted by atomic mass is 35.5. The maximum atomic E-state index is 13.8. The molecule has 0 saturated carbocycles. The SMILES string of the molecule is O=c1oc(-c2c(F)cccc2F)nn1-c1ccc(Cl)c(Cl)c1Cl. The van der Waals surface area contributed by atoms with E-state index in [2.05, 4.69) is 5.10 Å². The van der Waals surface area contributed by atoms with E-state index in [-0.39, 0.29) is 20.8 Å². The monoisotopic (exact) mass is 376 g/mol. The van der Waals surface area contributed by atoms with Crippen LogP contribution in [0.25, 0.3) is 17.1 Å². The molecular weight excluding hydrogens is 373 g/mol. The van der Waals surface area contributed by atoms with E-state index in [1.54, 1.807) is 0 Å². The van der Waals surface area contributed by atoms with Gasteiger partial charge in [0.15, 0.2) is 0 Å². The van der Waals surface area contributed by atoms with Gasteiger partial charge in [0, 0.05) is 0 Å². The van der Waals surface area contributed by atoms with Gasteiger partial charge >= 0.3 is 5.76 Å². The summed E-state index contributed by atoms with van der Waals surface area (Å²) in [5, 5.41) is 3.92. The number of hydrogen-bond acceptors (Lipinski definition) is 3. The predicted octanol–water partition coefficient (Wildman–Crippen LogP) is 4.73. The number of hydrogen-bond donors (Lipinski definition) is 0. The summed E-state index contributed by atoms with van der Waals surface area (Å²) < 4.78 is 33.1. The first-order chi connectivity index (χ1) is 10.9. The summed E-state index contributed by atoms with van der Waals surface area (Å²) in [6.45, 7) is 0. The van der Waals surface area contributed by atoms with E-state index in [0.717, 1.165) is 16.8 Å². The minimum atomic E-state index is -0.983. The van der Waals surface area contributed by atoms with Crippen molar-refractivity contribution in [3.05, 3.63) is 67.6 Å². The van der Waals surface area contributed by atoms with Crippen LogP contribution in [0.2, 0.25) is 15.1 Å². The molecule has 0 fully saturated rings. The molecule has 0 saturated heterocycles. The molecule has 0 spiro atoms. The van der Waals surface area contributed by atoms with Crippen LogP contribution in [0.15, 0.2) is 39.5 Å². The lowest BCUT2D eigenvalue weighted by Crippen LogP contribution is -2.13. The maximum Gasteiger partial charge on any atom is 0.442 e. The summed E-state index contributed by atoms with van der Waals surface area (Å²) in [6, 6.07) is 5.99. The molecule has 3 aromatic rings. The van der Waals surface area contributed by atoms with E-state index in [1.165, 1.54) is 18.2 Å². The minimum Gasteiger partial charge on any atom is -0.387 e. The Morgan fingerprint density at radius 2 is 1.65 bits per heavy atom. The Morgan fingerprint density at radius 3 is 2.30 bits per heavy atom. The fourth-order valence-electron chi connectivity index (χ4n) is 1.91. The normalized spacial score (nSPS) is 11.0.